The highest BCUT2D eigenvalue weighted by atomic mass is 35.5. The van der Waals surface area contributed by atoms with E-state index in [0.717, 1.165) is 25.2 Å². The van der Waals surface area contributed by atoms with Crippen molar-refractivity contribution in [2.24, 2.45) is 0 Å². The van der Waals surface area contributed by atoms with Crippen molar-refractivity contribution in [2.45, 2.75) is 19.4 Å². The van der Waals surface area contributed by atoms with Gasteiger partial charge in [-0.1, -0.05) is 30.3 Å². The summed E-state index contributed by atoms with van der Waals surface area (Å²) >= 11 is 0. The number of amides is 1. The number of nitrogens with zero attached hydrogens (tertiary/aromatic N) is 3. The molecule has 6 nitrogen and oxygen atoms in total. The molecule has 0 N–H and O–H groups in total. The van der Waals surface area contributed by atoms with Crippen molar-refractivity contribution < 1.29 is 14.1 Å². The molecule has 0 spiro atoms. The van der Waals surface area contributed by atoms with Gasteiger partial charge in [-0.3, -0.25) is 19.8 Å². The smallest absolute Gasteiger partial charge is 0.272 e. The standard InChI is InChI=1S/C20H22FN3O3.ClH/c21-18-8-5-16(6-9-18)15-22-11-13-23(14-12-22)20(25)10-7-17-3-1-2-4-19(17)24(26)27;/h1-6,8-9H,7,10-15H2;1H. The number of aryl methyl sites for hydroxylation is 1. The van der Waals surface area contributed by atoms with E-state index < -0.39 is 4.92 Å². The summed E-state index contributed by atoms with van der Waals surface area (Å²) in [5, 5.41) is 11.1. The molecule has 2 aromatic rings. The molecule has 1 saturated heterocycles. The van der Waals surface area contributed by atoms with Gasteiger partial charge in [0.1, 0.15) is 5.82 Å². The zero-order valence-corrected chi connectivity index (χ0v) is 16.2. The van der Waals surface area contributed by atoms with E-state index in [1.54, 1.807) is 30.3 Å². The number of carbonyl (C=O) groups is 1. The zero-order chi connectivity index (χ0) is 19.2. The lowest BCUT2D eigenvalue weighted by Crippen LogP contribution is -2.48. The van der Waals surface area contributed by atoms with Gasteiger partial charge in [0.05, 0.1) is 4.92 Å². The monoisotopic (exact) mass is 407 g/mol. The van der Waals surface area contributed by atoms with Crippen LogP contribution in [0.5, 0.6) is 0 Å². The van der Waals surface area contributed by atoms with Gasteiger partial charge in [0.15, 0.2) is 0 Å². The predicted octanol–water partition coefficient (Wildman–Crippen LogP) is 3.43. The van der Waals surface area contributed by atoms with E-state index in [1.807, 2.05) is 4.90 Å². The van der Waals surface area contributed by atoms with Gasteiger partial charge in [0.2, 0.25) is 5.91 Å². The maximum absolute atomic E-state index is 13.0. The third-order valence-electron chi connectivity index (χ3n) is 4.84. The van der Waals surface area contributed by atoms with Gasteiger partial charge >= 0.3 is 0 Å². The number of nitro groups is 1. The normalized spacial score (nSPS) is 14.4. The fourth-order valence-corrected chi connectivity index (χ4v) is 3.30. The SMILES string of the molecule is Cl.O=C(CCc1ccccc1[N+](=O)[O-])N1CCN(Cc2ccc(F)cc2)CC1. The number of hydrogen-bond acceptors (Lipinski definition) is 4. The highest BCUT2D eigenvalue weighted by Crippen LogP contribution is 2.20. The minimum Gasteiger partial charge on any atom is -0.340 e. The molecule has 3 rings (SSSR count). The van der Waals surface area contributed by atoms with Crippen LogP contribution in [0.4, 0.5) is 10.1 Å². The summed E-state index contributed by atoms with van der Waals surface area (Å²) in [6, 6.07) is 13.0. The number of hydrogen-bond donors (Lipinski definition) is 0. The average Bonchev–Trinajstić information content (AvgIpc) is 2.68. The Morgan fingerprint density at radius 3 is 2.32 bits per heavy atom. The summed E-state index contributed by atoms with van der Waals surface area (Å²) in [6.45, 7) is 3.52. The molecule has 150 valence electrons. The molecule has 1 aliphatic heterocycles. The highest BCUT2D eigenvalue weighted by Gasteiger charge is 2.22. The molecule has 1 fully saturated rings. The summed E-state index contributed by atoms with van der Waals surface area (Å²) in [7, 11) is 0. The molecule has 0 saturated carbocycles. The molecule has 8 heteroatoms. The van der Waals surface area contributed by atoms with E-state index in [1.165, 1.54) is 18.2 Å². The molecular formula is C20H23ClFN3O3. The number of rotatable bonds is 6. The molecular weight excluding hydrogens is 385 g/mol. The first kappa shape index (κ1) is 21.8. The summed E-state index contributed by atoms with van der Waals surface area (Å²) in [6.07, 6.45) is 0.634. The minimum absolute atomic E-state index is 0. The molecule has 1 heterocycles. The summed E-state index contributed by atoms with van der Waals surface area (Å²) in [5.41, 5.74) is 1.70. The van der Waals surface area contributed by atoms with Gasteiger partial charge in [-0.05, 0) is 24.1 Å². The van der Waals surface area contributed by atoms with E-state index in [0.29, 0.717) is 25.1 Å². The van der Waals surface area contributed by atoms with Crippen LogP contribution >= 0.6 is 12.4 Å². The van der Waals surface area contributed by atoms with Crippen LogP contribution in [-0.4, -0.2) is 46.8 Å². The van der Waals surface area contributed by atoms with Crippen LogP contribution in [0, 0.1) is 15.9 Å². The quantitative estimate of drug-likeness (QED) is 0.543. The van der Waals surface area contributed by atoms with Gasteiger partial charge in [0, 0.05) is 50.8 Å². The molecule has 28 heavy (non-hydrogen) atoms. The first-order valence-electron chi connectivity index (χ1n) is 9.00. The van der Waals surface area contributed by atoms with Crippen LogP contribution in [0.2, 0.25) is 0 Å². The lowest BCUT2D eigenvalue weighted by Gasteiger charge is -2.34. The van der Waals surface area contributed by atoms with Gasteiger partial charge in [-0.25, -0.2) is 4.39 Å². The third-order valence-corrected chi connectivity index (χ3v) is 4.84. The number of benzene rings is 2. The average molecular weight is 408 g/mol. The fraction of sp³-hybridized carbons (Fsp3) is 0.350. The minimum atomic E-state index is -0.409. The van der Waals surface area contributed by atoms with Gasteiger partial charge < -0.3 is 4.90 Å². The molecule has 0 aliphatic carbocycles. The van der Waals surface area contributed by atoms with Crippen molar-refractivity contribution in [3.8, 4) is 0 Å². The number of piperazine rings is 1. The van der Waals surface area contributed by atoms with Gasteiger partial charge in [-0.15, -0.1) is 12.4 Å². The van der Waals surface area contributed by atoms with Crippen LogP contribution in [-0.2, 0) is 17.8 Å². The van der Waals surface area contributed by atoms with E-state index in [2.05, 4.69) is 4.90 Å². The lowest BCUT2D eigenvalue weighted by molar-refractivity contribution is -0.385. The summed E-state index contributed by atoms with van der Waals surface area (Å²) in [4.78, 5) is 27.1. The van der Waals surface area contributed by atoms with Crippen molar-refractivity contribution in [2.75, 3.05) is 26.2 Å². The van der Waals surface area contributed by atoms with Crippen molar-refractivity contribution in [3.05, 3.63) is 75.6 Å². The van der Waals surface area contributed by atoms with Crippen molar-refractivity contribution in [1.82, 2.24) is 9.80 Å². The molecule has 0 aromatic heterocycles. The van der Waals surface area contributed by atoms with E-state index in [9.17, 15) is 19.3 Å². The number of halogens is 2. The Kier molecular flexibility index (Phi) is 7.90. The van der Waals surface area contributed by atoms with Crippen LogP contribution in [0.15, 0.2) is 48.5 Å². The molecule has 1 aliphatic rings. The first-order chi connectivity index (χ1) is 13.0. The number of para-hydroxylation sites is 1. The van der Waals surface area contributed by atoms with Crippen LogP contribution in [0.1, 0.15) is 17.5 Å². The summed E-state index contributed by atoms with van der Waals surface area (Å²) in [5.74, 6) is -0.220. The second kappa shape index (κ2) is 10.1. The Balaban J connectivity index is 0.00000280. The van der Waals surface area contributed by atoms with Crippen LogP contribution in [0.25, 0.3) is 0 Å². The Hall–Kier alpha value is -2.51. The van der Waals surface area contributed by atoms with Gasteiger partial charge in [0.25, 0.3) is 5.69 Å². The van der Waals surface area contributed by atoms with Crippen molar-refractivity contribution in [3.63, 3.8) is 0 Å². The van der Waals surface area contributed by atoms with E-state index in [-0.39, 0.29) is 36.2 Å². The second-order valence-electron chi connectivity index (χ2n) is 6.67. The lowest BCUT2D eigenvalue weighted by atomic mass is 10.1. The molecule has 1 amide bonds. The van der Waals surface area contributed by atoms with E-state index >= 15 is 0 Å². The number of carbonyl (C=O) groups excluding carboxylic acids is 1. The maximum atomic E-state index is 13.0. The largest absolute Gasteiger partial charge is 0.340 e. The number of nitro benzene ring substituents is 1. The molecule has 0 radical (unpaired) electrons. The Morgan fingerprint density at radius 1 is 1.04 bits per heavy atom. The second-order valence-corrected chi connectivity index (χ2v) is 6.67. The van der Waals surface area contributed by atoms with Crippen LogP contribution < -0.4 is 0 Å². The molecule has 0 unspecified atom stereocenters. The topological polar surface area (TPSA) is 66.7 Å². The fourth-order valence-electron chi connectivity index (χ4n) is 3.30. The Bertz CT molecular complexity index is 809. The first-order valence-corrected chi connectivity index (χ1v) is 9.00. The predicted molar refractivity (Wildman–Crippen MR) is 107 cm³/mol. The van der Waals surface area contributed by atoms with Crippen molar-refractivity contribution in [1.29, 1.82) is 0 Å². The Morgan fingerprint density at radius 2 is 1.68 bits per heavy atom. The van der Waals surface area contributed by atoms with Crippen LogP contribution in [0.3, 0.4) is 0 Å². The molecule has 0 bridgehead atoms. The Labute approximate surface area is 169 Å². The zero-order valence-electron chi connectivity index (χ0n) is 15.4. The molecule has 0 atom stereocenters. The van der Waals surface area contributed by atoms with Crippen molar-refractivity contribution >= 4 is 24.0 Å². The highest BCUT2D eigenvalue weighted by molar-refractivity contribution is 5.85. The molecule has 2 aromatic carbocycles. The summed E-state index contributed by atoms with van der Waals surface area (Å²) < 4.78 is 13.0. The van der Waals surface area contributed by atoms with Gasteiger partial charge in [-0.2, -0.15) is 0 Å². The van der Waals surface area contributed by atoms with E-state index in [4.69, 9.17) is 0 Å². The maximum Gasteiger partial charge on any atom is 0.272 e. The third kappa shape index (κ3) is 5.74.